The highest BCUT2D eigenvalue weighted by Gasteiger charge is 2.23. The zero-order valence-electron chi connectivity index (χ0n) is 16.5. The molecule has 4 rings (SSSR count). The number of hydrogen-bond acceptors (Lipinski definition) is 4. The largest absolute Gasteiger partial charge is 0.339 e. The lowest BCUT2D eigenvalue weighted by atomic mass is 9.99. The molecule has 1 saturated heterocycles. The summed E-state index contributed by atoms with van der Waals surface area (Å²) in [6, 6.07) is 11.0. The molecule has 2 amide bonds. The number of nitrogens with zero attached hydrogens (tertiary/aromatic N) is 2. The van der Waals surface area contributed by atoms with Crippen molar-refractivity contribution in [3.05, 3.63) is 63.4 Å². The summed E-state index contributed by atoms with van der Waals surface area (Å²) in [7, 11) is 1.59. The zero-order chi connectivity index (χ0) is 20.5. The molecule has 3 aromatic rings. The smallest absolute Gasteiger partial charge is 0.274 e. The second-order valence-corrected chi connectivity index (χ2v) is 8.72. The molecule has 0 atom stereocenters. The van der Waals surface area contributed by atoms with Gasteiger partial charge in [-0.1, -0.05) is 25.1 Å². The van der Waals surface area contributed by atoms with Crippen molar-refractivity contribution >= 4 is 38.9 Å². The number of thiophene rings is 1. The van der Waals surface area contributed by atoms with Crippen LogP contribution >= 0.6 is 11.3 Å². The second kappa shape index (κ2) is 7.83. The summed E-state index contributed by atoms with van der Waals surface area (Å²) in [5.74, 6) is 0.167. The zero-order valence-corrected chi connectivity index (χ0v) is 17.3. The average Bonchev–Trinajstić information content (AvgIpc) is 3.16. The van der Waals surface area contributed by atoms with E-state index < -0.39 is 0 Å². The number of hydrogen-bond donors (Lipinski definition) is 1. The molecule has 6 nitrogen and oxygen atoms in total. The third-order valence-electron chi connectivity index (χ3n) is 5.40. The Hall–Kier alpha value is -2.93. The molecule has 1 aromatic carbocycles. The minimum absolute atomic E-state index is 0.107. The van der Waals surface area contributed by atoms with E-state index in [1.807, 2.05) is 35.2 Å². The minimum Gasteiger partial charge on any atom is -0.339 e. The maximum Gasteiger partial charge on any atom is 0.274 e. The van der Waals surface area contributed by atoms with Crippen molar-refractivity contribution in [2.45, 2.75) is 19.8 Å². The van der Waals surface area contributed by atoms with Crippen molar-refractivity contribution < 1.29 is 9.59 Å². The van der Waals surface area contributed by atoms with Gasteiger partial charge >= 0.3 is 0 Å². The van der Waals surface area contributed by atoms with Crippen molar-refractivity contribution in [3.63, 3.8) is 0 Å². The van der Waals surface area contributed by atoms with Gasteiger partial charge in [-0.3, -0.25) is 14.4 Å². The number of nitrogens with one attached hydrogen (secondary N) is 1. The van der Waals surface area contributed by atoms with Gasteiger partial charge in [0.25, 0.3) is 17.4 Å². The van der Waals surface area contributed by atoms with Gasteiger partial charge in [0.05, 0.1) is 10.4 Å². The predicted molar refractivity (Wildman–Crippen MR) is 116 cm³/mol. The number of benzene rings is 1. The molecule has 2 aromatic heterocycles. The first-order valence-corrected chi connectivity index (χ1v) is 10.5. The van der Waals surface area contributed by atoms with Gasteiger partial charge in [0.1, 0.15) is 5.69 Å². The molecule has 0 bridgehead atoms. The lowest BCUT2D eigenvalue weighted by molar-refractivity contribution is 0.0696. The van der Waals surface area contributed by atoms with E-state index in [1.165, 1.54) is 28.2 Å². The van der Waals surface area contributed by atoms with Crippen LogP contribution in [0.15, 0.2) is 47.4 Å². The normalized spacial score (nSPS) is 14.9. The van der Waals surface area contributed by atoms with E-state index >= 15 is 0 Å². The fourth-order valence-corrected chi connectivity index (χ4v) is 4.55. The Labute approximate surface area is 172 Å². The number of fused-ring (bicyclic) bond motifs is 1. The van der Waals surface area contributed by atoms with Crippen LogP contribution in [0.2, 0.25) is 0 Å². The fraction of sp³-hybridized carbons (Fsp3) is 0.318. The maximum absolute atomic E-state index is 12.9. The number of carbonyl (C=O) groups is 2. The number of aryl methyl sites for hydroxylation is 1. The Balaban J connectivity index is 1.59. The molecule has 0 aliphatic carbocycles. The first-order chi connectivity index (χ1) is 13.9. The van der Waals surface area contributed by atoms with E-state index in [4.69, 9.17) is 0 Å². The molecular formula is C22H23N3O3S. The first-order valence-electron chi connectivity index (χ1n) is 9.72. The van der Waals surface area contributed by atoms with Gasteiger partial charge in [-0.05, 0) is 42.3 Å². The number of carbonyl (C=O) groups excluding carboxylic acids is 2. The number of aromatic nitrogens is 1. The van der Waals surface area contributed by atoms with Crippen LogP contribution in [0, 0.1) is 5.92 Å². The maximum atomic E-state index is 12.9. The Bertz CT molecular complexity index is 1110. The van der Waals surface area contributed by atoms with Gasteiger partial charge in [-0.25, -0.2) is 0 Å². The van der Waals surface area contributed by atoms with Crippen LogP contribution in [0.25, 0.3) is 10.1 Å². The van der Waals surface area contributed by atoms with Crippen LogP contribution < -0.4 is 10.9 Å². The summed E-state index contributed by atoms with van der Waals surface area (Å²) in [5, 5.41) is 3.69. The van der Waals surface area contributed by atoms with Crippen molar-refractivity contribution in [3.8, 4) is 0 Å². The van der Waals surface area contributed by atoms with Gasteiger partial charge in [-0.15, -0.1) is 11.3 Å². The number of anilines is 1. The molecule has 7 heteroatoms. The van der Waals surface area contributed by atoms with E-state index in [0.717, 1.165) is 22.9 Å². The molecule has 0 unspecified atom stereocenters. The highest BCUT2D eigenvalue weighted by molar-refractivity contribution is 7.20. The summed E-state index contributed by atoms with van der Waals surface area (Å²) in [6.07, 6.45) is 3.50. The summed E-state index contributed by atoms with van der Waals surface area (Å²) in [6.45, 7) is 3.62. The molecule has 1 aliphatic rings. The Morgan fingerprint density at radius 2 is 1.86 bits per heavy atom. The summed E-state index contributed by atoms with van der Waals surface area (Å²) in [4.78, 5) is 40.5. The van der Waals surface area contributed by atoms with Crippen molar-refractivity contribution in [1.82, 2.24) is 9.47 Å². The summed E-state index contributed by atoms with van der Waals surface area (Å²) < 4.78 is 2.36. The topological polar surface area (TPSA) is 71.4 Å². The number of piperidine rings is 1. The molecule has 0 saturated carbocycles. The summed E-state index contributed by atoms with van der Waals surface area (Å²) in [5.41, 5.74) is 0.183. The summed E-state index contributed by atoms with van der Waals surface area (Å²) >= 11 is 1.37. The second-order valence-electron chi connectivity index (χ2n) is 7.64. The van der Waals surface area contributed by atoms with Crippen molar-refractivity contribution in [2.75, 3.05) is 18.4 Å². The van der Waals surface area contributed by atoms with Gasteiger partial charge in [0.15, 0.2) is 0 Å². The Morgan fingerprint density at radius 3 is 2.59 bits per heavy atom. The lowest BCUT2D eigenvalue weighted by Crippen LogP contribution is -2.38. The third-order valence-corrected chi connectivity index (χ3v) is 6.51. The highest BCUT2D eigenvalue weighted by Crippen LogP contribution is 2.26. The molecule has 0 radical (unpaired) electrons. The van der Waals surface area contributed by atoms with Gasteiger partial charge < -0.3 is 14.8 Å². The number of rotatable bonds is 3. The average molecular weight is 410 g/mol. The molecule has 150 valence electrons. The van der Waals surface area contributed by atoms with Crippen LogP contribution in [-0.4, -0.2) is 34.4 Å². The van der Waals surface area contributed by atoms with E-state index in [2.05, 4.69) is 12.2 Å². The number of amides is 2. The van der Waals surface area contributed by atoms with Crippen molar-refractivity contribution in [1.29, 1.82) is 0 Å². The van der Waals surface area contributed by atoms with Crippen molar-refractivity contribution in [2.24, 2.45) is 13.0 Å². The monoisotopic (exact) mass is 409 g/mol. The molecule has 1 N–H and O–H groups in total. The van der Waals surface area contributed by atoms with Crippen LogP contribution in [-0.2, 0) is 7.05 Å². The van der Waals surface area contributed by atoms with Gasteiger partial charge in [-0.2, -0.15) is 0 Å². The fourth-order valence-electron chi connectivity index (χ4n) is 3.59. The Kier molecular flexibility index (Phi) is 5.24. The standard InChI is InChI=1S/C22H23N3O3S/c1-14-7-9-25(10-8-14)21(27)16-11-17(22(28)24(2)13-16)23-20(26)19-12-15-5-3-4-6-18(15)29-19/h3-6,11-14H,7-10H2,1-2H3,(H,23,26). The third kappa shape index (κ3) is 3.96. The molecular weight excluding hydrogens is 386 g/mol. The van der Waals surface area contributed by atoms with E-state index in [0.29, 0.717) is 29.4 Å². The molecule has 1 aliphatic heterocycles. The molecule has 1 fully saturated rings. The molecule has 3 heterocycles. The van der Waals surface area contributed by atoms with Crippen LogP contribution in [0.5, 0.6) is 0 Å². The van der Waals surface area contributed by atoms with Crippen LogP contribution in [0.3, 0.4) is 0 Å². The highest BCUT2D eigenvalue weighted by atomic mass is 32.1. The Morgan fingerprint density at radius 1 is 1.14 bits per heavy atom. The van der Waals surface area contributed by atoms with Gasteiger partial charge in [0.2, 0.25) is 0 Å². The van der Waals surface area contributed by atoms with E-state index in [-0.39, 0.29) is 23.1 Å². The minimum atomic E-state index is -0.348. The number of likely N-dealkylation sites (tertiary alicyclic amines) is 1. The first kappa shape index (κ1) is 19.4. The van der Waals surface area contributed by atoms with E-state index in [1.54, 1.807) is 7.05 Å². The van der Waals surface area contributed by atoms with Gasteiger partial charge in [0, 0.05) is 31.0 Å². The molecule has 0 spiro atoms. The number of pyridine rings is 1. The lowest BCUT2D eigenvalue weighted by Gasteiger charge is -2.30. The molecule has 29 heavy (non-hydrogen) atoms. The van der Waals surface area contributed by atoms with E-state index in [9.17, 15) is 14.4 Å². The van der Waals surface area contributed by atoms with Crippen LogP contribution in [0.4, 0.5) is 5.69 Å². The SMILES string of the molecule is CC1CCN(C(=O)c2cc(NC(=O)c3cc4ccccc4s3)c(=O)n(C)c2)CC1. The predicted octanol–water partition coefficient (Wildman–Crippen LogP) is 3.72. The quantitative estimate of drug-likeness (QED) is 0.717. The van der Waals surface area contributed by atoms with Crippen LogP contribution in [0.1, 0.15) is 39.8 Å².